The summed E-state index contributed by atoms with van der Waals surface area (Å²) < 4.78 is 25.6. The number of hydrogen-bond acceptors (Lipinski definition) is 3. The molecule has 0 heterocycles. The summed E-state index contributed by atoms with van der Waals surface area (Å²) in [5.74, 6) is 0.455. The van der Waals surface area contributed by atoms with E-state index in [4.69, 9.17) is 5.73 Å². The van der Waals surface area contributed by atoms with Gasteiger partial charge in [0.05, 0.1) is 4.75 Å². The predicted octanol–water partition coefficient (Wildman–Crippen LogP) is 1.22. The molecule has 0 aliphatic heterocycles. The first kappa shape index (κ1) is 13.9. The van der Waals surface area contributed by atoms with E-state index in [1.165, 1.54) is 0 Å². The largest absolute Gasteiger partial charge is 0.328 e. The third kappa shape index (κ3) is 3.71. The molecule has 1 fully saturated rings. The van der Waals surface area contributed by atoms with Gasteiger partial charge in [0.2, 0.25) is 10.0 Å². The summed E-state index contributed by atoms with van der Waals surface area (Å²) in [5, 5.41) is 0. The smallest absolute Gasteiger partial charge is 0.216 e. The maximum atomic E-state index is 11.8. The molecule has 0 bridgehead atoms. The number of rotatable bonds is 3. The normalized spacial score (nSPS) is 28.0. The van der Waals surface area contributed by atoms with Crippen LogP contribution in [0.25, 0.3) is 0 Å². The molecular formula is C11H24N2O2S. The molecule has 0 spiro atoms. The molecule has 0 aromatic heterocycles. The number of sulfonamides is 1. The first-order valence-electron chi connectivity index (χ1n) is 5.97. The topological polar surface area (TPSA) is 72.2 Å². The highest BCUT2D eigenvalue weighted by atomic mass is 32.2. The fourth-order valence-electron chi connectivity index (χ4n) is 1.84. The van der Waals surface area contributed by atoms with Crippen LogP contribution in [0.2, 0.25) is 0 Å². The Labute approximate surface area is 99.0 Å². The molecule has 1 aliphatic rings. The van der Waals surface area contributed by atoms with Gasteiger partial charge in [-0.1, -0.05) is 0 Å². The lowest BCUT2D eigenvalue weighted by molar-refractivity contribution is 0.325. The third-order valence-corrected chi connectivity index (χ3v) is 5.42. The molecule has 4 nitrogen and oxygen atoms in total. The number of hydrogen-bond donors (Lipinski definition) is 2. The van der Waals surface area contributed by atoms with Crippen LogP contribution in [0, 0.1) is 5.92 Å². The Hall–Kier alpha value is -0.130. The van der Waals surface area contributed by atoms with Gasteiger partial charge in [-0.3, -0.25) is 0 Å². The highest BCUT2D eigenvalue weighted by Crippen LogP contribution is 2.23. The second kappa shape index (κ2) is 5.02. The lowest BCUT2D eigenvalue weighted by Gasteiger charge is -2.27. The van der Waals surface area contributed by atoms with Gasteiger partial charge in [-0.05, 0) is 52.4 Å². The van der Waals surface area contributed by atoms with Gasteiger partial charge >= 0.3 is 0 Å². The van der Waals surface area contributed by atoms with E-state index in [1.807, 2.05) is 0 Å². The van der Waals surface area contributed by atoms with Crippen LogP contribution in [0.4, 0.5) is 0 Å². The van der Waals surface area contributed by atoms with Crippen molar-refractivity contribution >= 4 is 10.0 Å². The van der Waals surface area contributed by atoms with Gasteiger partial charge in [0, 0.05) is 12.6 Å². The first-order chi connectivity index (χ1) is 7.22. The summed E-state index contributed by atoms with van der Waals surface area (Å²) >= 11 is 0. The van der Waals surface area contributed by atoms with Crippen molar-refractivity contribution in [2.75, 3.05) is 6.54 Å². The van der Waals surface area contributed by atoms with Crippen LogP contribution >= 0.6 is 0 Å². The number of nitrogens with two attached hydrogens (primary N) is 1. The maximum absolute atomic E-state index is 11.8. The summed E-state index contributed by atoms with van der Waals surface area (Å²) in [5.41, 5.74) is 5.81. The van der Waals surface area contributed by atoms with Crippen molar-refractivity contribution in [1.29, 1.82) is 0 Å². The van der Waals surface area contributed by atoms with Crippen LogP contribution in [0.15, 0.2) is 0 Å². The highest BCUT2D eigenvalue weighted by Gasteiger charge is 2.29. The zero-order valence-corrected chi connectivity index (χ0v) is 11.3. The van der Waals surface area contributed by atoms with Gasteiger partial charge in [-0.25, -0.2) is 13.1 Å². The van der Waals surface area contributed by atoms with Crippen molar-refractivity contribution in [3.8, 4) is 0 Å². The minimum absolute atomic E-state index is 0.315. The zero-order chi connectivity index (χ0) is 12.4. The predicted molar refractivity (Wildman–Crippen MR) is 66.6 cm³/mol. The quantitative estimate of drug-likeness (QED) is 0.789. The Morgan fingerprint density at radius 3 is 2.12 bits per heavy atom. The van der Waals surface area contributed by atoms with Gasteiger partial charge in [-0.2, -0.15) is 0 Å². The van der Waals surface area contributed by atoms with Crippen molar-refractivity contribution in [2.24, 2.45) is 11.7 Å². The molecule has 0 unspecified atom stereocenters. The van der Waals surface area contributed by atoms with Gasteiger partial charge in [-0.15, -0.1) is 0 Å². The Morgan fingerprint density at radius 2 is 1.69 bits per heavy atom. The zero-order valence-electron chi connectivity index (χ0n) is 10.5. The summed E-state index contributed by atoms with van der Waals surface area (Å²) in [6, 6.07) is 0.315. The molecule has 0 amide bonds. The monoisotopic (exact) mass is 248 g/mol. The summed E-state index contributed by atoms with van der Waals surface area (Å²) in [4.78, 5) is 0. The fourth-order valence-corrected chi connectivity index (χ4v) is 2.72. The van der Waals surface area contributed by atoms with Crippen molar-refractivity contribution in [3.05, 3.63) is 0 Å². The molecule has 0 radical (unpaired) electrons. The molecule has 0 aromatic rings. The van der Waals surface area contributed by atoms with E-state index < -0.39 is 14.8 Å². The minimum Gasteiger partial charge on any atom is -0.328 e. The average molecular weight is 248 g/mol. The molecule has 16 heavy (non-hydrogen) atoms. The van der Waals surface area contributed by atoms with Gasteiger partial charge < -0.3 is 5.73 Å². The van der Waals surface area contributed by atoms with Gasteiger partial charge in [0.25, 0.3) is 0 Å². The standard InChI is InChI=1S/C11H24N2O2S/c1-11(2,3)16(14,15)13-8-9-4-6-10(12)7-5-9/h9-10,13H,4-8,12H2,1-3H3. The summed E-state index contributed by atoms with van der Waals surface area (Å²) in [6.07, 6.45) is 4.10. The lowest BCUT2D eigenvalue weighted by Crippen LogP contribution is -2.42. The van der Waals surface area contributed by atoms with Gasteiger partial charge in [0.1, 0.15) is 0 Å². The van der Waals surface area contributed by atoms with Crippen molar-refractivity contribution in [2.45, 2.75) is 57.2 Å². The van der Waals surface area contributed by atoms with Crippen molar-refractivity contribution in [1.82, 2.24) is 4.72 Å². The summed E-state index contributed by atoms with van der Waals surface area (Å²) in [7, 11) is -3.19. The SMILES string of the molecule is CC(C)(C)S(=O)(=O)NCC1CCC(N)CC1. The second-order valence-corrected chi connectivity index (χ2v) is 8.27. The van der Waals surface area contributed by atoms with E-state index in [0.29, 0.717) is 18.5 Å². The van der Waals surface area contributed by atoms with Crippen molar-refractivity contribution in [3.63, 3.8) is 0 Å². The van der Waals surface area contributed by atoms with E-state index in [2.05, 4.69) is 4.72 Å². The fraction of sp³-hybridized carbons (Fsp3) is 1.00. The minimum atomic E-state index is -3.19. The Morgan fingerprint density at radius 1 is 1.19 bits per heavy atom. The molecule has 1 aliphatic carbocycles. The molecule has 5 heteroatoms. The Bertz CT molecular complexity index is 311. The molecule has 3 N–H and O–H groups in total. The van der Waals surface area contributed by atoms with E-state index in [0.717, 1.165) is 25.7 Å². The molecule has 0 aromatic carbocycles. The highest BCUT2D eigenvalue weighted by molar-refractivity contribution is 7.90. The number of nitrogens with one attached hydrogen (secondary N) is 1. The Kier molecular flexibility index (Phi) is 4.37. The van der Waals surface area contributed by atoms with E-state index >= 15 is 0 Å². The first-order valence-corrected chi connectivity index (χ1v) is 7.45. The summed E-state index contributed by atoms with van der Waals surface area (Å²) in [6.45, 7) is 5.71. The van der Waals surface area contributed by atoms with Crippen LogP contribution in [0.1, 0.15) is 46.5 Å². The van der Waals surface area contributed by atoms with Crippen LogP contribution in [0.3, 0.4) is 0 Å². The van der Waals surface area contributed by atoms with Crippen LogP contribution in [-0.4, -0.2) is 25.8 Å². The van der Waals surface area contributed by atoms with Crippen LogP contribution < -0.4 is 10.5 Å². The maximum Gasteiger partial charge on any atom is 0.216 e. The van der Waals surface area contributed by atoms with E-state index in [9.17, 15) is 8.42 Å². The van der Waals surface area contributed by atoms with Crippen LogP contribution in [0.5, 0.6) is 0 Å². The van der Waals surface area contributed by atoms with E-state index in [-0.39, 0.29) is 0 Å². The lowest BCUT2D eigenvalue weighted by atomic mass is 9.87. The molecule has 96 valence electrons. The van der Waals surface area contributed by atoms with Gasteiger partial charge in [0.15, 0.2) is 0 Å². The molecule has 0 atom stereocenters. The molecule has 1 saturated carbocycles. The van der Waals surface area contributed by atoms with Crippen molar-refractivity contribution < 1.29 is 8.42 Å². The molecule has 0 saturated heterocycles. The average Bonchev–Trinajstić information content (AvgIpc) is 2.15. The third-order valence-electron chi connectivity index (χ3n) is 3.26. The van der Waals surface area contributed by atoms with Crippen LogP contribution in [-0.2, 0) is 10.0 Å². The Balaban J connectivity index is 2.41. The molecular weight excluding hydrogens is 224 g/mol. The molecule has 1 rings (SSSR count). The second-order valence-electron chi connectivity index (χ2n) is 5.75. The van der Waals surface area contributed by atoms with E-state index in [1.54, 1.807) is 20.8 Å².